The van der Waals surface area contributed by atoms with Crippen molar-refractivity contribution in [3.8, 4) is 5.75 Å². The quantitative estimate of drug-likeness (QED) is 0.838. The number of ether oxygens (including phenoxy) is 1. The van der Waals surface area contributed by atoms with Crippen molar-refractivity contribution in [2.45, 2.75) is 0 Å². The molecule has 0 radical (unpaired) electrons. The highest BCUT2D eigenvalue weighted by molar-refractivity contribution is 9.10. The predicted octanol–water partition coefficient (Wildman–Crippen LogP) is 1.51. The van der Waals surface area contributed by atoms with Gasteiger partial charge in [0.25, 0.3) is 0 Å². The summed E-state index contributed by atoms with van der Waals surface area (Å²) in [6, 6.07) is 4.99. The molecule has 0 bridgehead atoms. The van der Waals surface area contributed by atoms with Crippen LogP contribution in [-0.2, 0) is 9.59 Å². The fraction of sp³-hybridized carbons (Fsp3) is 0.200. The van der Waals surface area contributed by atoms with Crippen LogP contribution >= 0.6 is 15.9 Å². The summed E-state index contributed by atoms with van der Waals surface area (Å²) in [6.45, 7) is 0. The zero-order valence-electron chi connectivity index (χ0n) is 8.73. The van der Waals surface area contributed by atoms with Crippen molar-refractivity contribution in [3.63, 3.8) is 0 Å². The van der Waals surface area contributed by atoms with Crippen molar-refractivity contribution in [2.24, 2.45) is 0 Å². The number of carbonyl (C=O) groups is 2. The third kappa shape index (κ3) is 2.52. The molecule has 0 fully saturated rings. The molecular weight excluding hydrogens is 278 g/mol. The van der Waals surface area contributed by atoms with Gasteiger partial charge in [0.2, 0.25) is 0 Å². The maximum absolute atomic E-state index is 11.3. The van der Waals surface area contributed by atoms with E-state index in [2.05, 4.69) is 15.9 Å². The molecule has 1 rings (SSSR count). The minimum Gasteiger partial charge on any atom is -0.495 e. The Hall–Kier alpha value is -1.56. The summed E-state index contributed by atoms with van der Waals surface area (Å²) in [5.74, 6) is -2.10. The first-order valence-corrected chi connectivity index (χ1v) is 5.11. The van der Waals surface area contributed by atoms with Crippen LogP contribution in [0.1, 0.15) is 0 Å². The third-order valence-electron chi connectivity index (χ3n) is 1.99. The Balaban J connectivity index is 3.15. The molecule has 16 heavy (non-hydrogen) atoms. The number of rotatable bonds is 2. The zero-order chi connectivity index (χ0) is 12.3. The maximum atomic E-state index is 11.3. The van der Waals surface area contributed by atoms with Gasteiger partial charge in [0, 0.05) is 11.5 Å². The first kappa shape index (κ1) is 12.5. The molecule has 0 unspecified atom stereocenters. The average Bonchev–Trinajstić information content (AvgIpc) is 2.26. The predicted molar refractivity (Wildman–Crippen MR) is 61.7 cm³/mol. The number of carboxylic acids is 1. The lowest BCUT2D eigenvalue weighted by molar-refractivity contribution is -0.148. The molecule has 0 spiro atoms. The number of anilines is 1. The Morgan fingerprint density at radius 2 is 2.06 bits per heavy atom. The zero-order valence-corrected chi connectivity index (χ0v) is 10.3. The number of hydrogen-bond donors (Lipinski definition) is 1. The first-order valence-electron chi connectivity index (χ1n) is 4.32. The molecule has 0 atom stereocenters. The van der Waals surface area contributed by atoms with Gasteiger partial charge in [0.15, 0.2) is 0 Å². The monoisotopic (exact) mass is 287 g/mol. The van der Waals surface area contributed by atoms with E-state index in [1.165, 1.54) is 14.2 Å². The summed E-state index contributed by atoms with van der Waals surface area (Å²) in [6.07, 6.45) is 0. The van der Waals surface area contributed by atoms with E-state index in [0.29, 0.717) is 11.4 Å². The number of carbonyl (C=O) groups excluding carboxylic acids is 1. The van der Waals surface area contributed by atoms with Gasteiger partial charge in [-0.05, 0) is 18.2 Å². The van der Waals surface area contributed by atoms with Crippen LogP contribution in [0.15, 0.2) is 22.7 Å². The number of carboxylic acid groups (broad SMARTS) is 1. The van der Waals surface area contributed by atoms with Gasteiger partial charge in [0.1, 0.15) is 5.75 Å². The summed E-state index contributed by atoms with van der Waals surface area (Å²) < 4.78 is 5.77. The number of aliphatic carboxylic acids is 1. The summed E-state index contributed by atoms with van der Waals surface area (Å²) in [7, 11) is 2.83. The van der Waals surface area contributed by atoms with E-state index in [9.17, 15) is 9.59 Å². The SMILES string of the molecule is COc1ccc(Br)cc1N(C)C(=O)C(=O)O. The summed E-state index contributed by atoms with van der Waals surface area (Å²) in [5.41, 5.74) is 0.393. The molecule has 0 aromatic heterocycles. The summed E-state index contributed by atoms with van der Waals surface area (Å²) in [5, 5.41) is 8.60. The molecule has 0 saturated heterocycles. The normalized spacial score (nSPS) is 9.69. The highest BCUT2D eigenvalue weighted by Crippen LogP contribution is 2.30. The van der Waals surface area contributed by atoms with E-state index in [1.807, 2.05) is 0 Å². The number of benzene rings is 1. The summed E-state index contributed by atoms with van der Waals surface area (Å²) in [4.78, 5) is 22.9. The number of likely N-dealkylation sites (N-methyl/N-ethyl adjacent to an activating group) is 1. The standard InChI is InChI=1S/C10H10BrNO4/c1-12(9(13)10(14)15)7-5-6(11)3-4-8(7)16-2/h3-5H,1-2H3,(H,14,15). The lowest BCUT2D eigenvalue weighted by Gasteiger charge is -2.18. The largest absolute Gasteiger partial charge is 0.495 e. The van der Waals surface area contributed by atoms with E-state index in [-0.39, 0.29) is 0 Å². The van der Waals surface area contributed by atoms with Crippen molar-refractivity contribution in [2.75, 3.05) is 19.1 Å². The Bertz CT molecular complexity index is 433. The second-order valence-corrected chi connectivity index (χ2v) is 3.90. The Morgan fingerprint density at radius 1 is 1.44 bits per heavy atom. The molecule has 1 N–H and O–H groups in total. The van der Waals surface area contributed by atoms with E-state index >= 15 is 0 Å². The first-order chi connectivity index (χ1) is 7.47. The lowest BCUT2D eigenvalue weighted by Crippen LogP contribution is -2.33. The topological polar surface area (TPSA) is 66.8 Å². The highest BCUT2D eigenvalue weighted by atomic mass is 79.9. The van der Waals surface area contributed by atoms with E-state index in [4.69, 9.17) is 9.84 Å². The third-order valence-corrected chi connectivity index (χ3v) is 2.48. The van der Waals surface area contributed by atoms with Crippen LogP contribution in [0.4, 0.5) is 5.69 Å². The Labute approximate surface area is 101 Å². The molecule has 0 saturated carbocycles. The number of halogens is 1. The van der Waals surface area contributed by atoms with Crippen LogP contribution in [0.25, 0.3) is 0 Å². The van der Waals surface area contributed by atoms with E-state index < -0.39 is 11.9 Å². The lowest BCUT2D eigenvalue weighted by atomic mass is 10.2. The minimum atomic E-state index is -1.51. The van der Waals surface area contributed by atoms with E-state index in [0.717, 1.165) is 9.37 Å². The van der Waals surface area contributed by atoms with Gasteiger partial charge >= 0.3 is 11.9 Å². The Morgan fingerprint density at radius 3 is 2.56 bits per heavy atom. The molecule has 1 aromatic rings. The molecule has 6 heteroatoms. The second kappa shape index (κ2) is 4.98. The van der Waals surface area contributed by atoms with Crippen molar-refractivity contribution in [1.29, 1.82) is 0 Å². The van der Waals surface area contributed by atoms with Crippen LogP contribution in [0.2, 0.25) is 0 Å². The van der Waals surface area contributed by atoms with Gasteiger partial charge in [-0.3, -0.25) is 4.79 Å². The van der Waals surface area contributed by atoms with Crippen molar-refractivity contribution < 1.29 is 19.4 Å². The smallest absolute Gasteiger partial charge is 0.394 e. The van der Waals surface area contributed by atoms with Gasteiger partial charge in [-0.15, -0.1) is 0 Å². The van der Waals surface area contributed by atoms with Gasteiger partial charge in [0.05, 0.1) is 12.8 Å². The highest BCUT2D eigenvalue weighted by Gasteiger charge is 2.21. The van der Waals surface area contributed by atoms with Crippen LogP contribution in [0.3, 0.4) is 0 Å². The van der Waals surface area contributed by atoms with Gasteiger partial charge < -0.3 is 14.7 Å². The number of amides is 1. The molecule has 0 aliphatic rings. The second-order valence-electron chi connectivity index (χ2n) is 2.99. The van der Waals surface area contributed by atoms with Gasteiger partial charge in [-0.25, -0.2) is 4.79 Å². The van der Waals surface area contributed by atoms with Gasteiger partial charge in [-0.1, -0.05) is 15.9 Å². The molecule has 1 amide bonds. The summed E-state index contributed by atoms with van der Waals surface area (Å²) >= 11 is 3.24. The fourth-order valence-corrected chi connectivity index (χ4v) is 1.53. The molecule has 86 valence electrons. The Kier molecular flexibility index (Phi) is 3.89. The number of nitrogens with zero attached hydrogens (tertiary/aromatic N) is 1. The average molecular weight is 288 g/mol. The maximum Gasteiger partial charge on any atom is 0.394 e. The van der Waals surface area contributed by atoms with Crippen LogP contribution < -0.4 is 9.64 Å². The molecule has 5 nitrogen and oxygen atoms in total. The molecule has 1 aromatic carbocycles. The minimum absolute atomic E-state index is 0.393. The van der Waals surface area contributed by atoms with Crippen LogP contribution in [0, 0.1) is 0 Å². The van der Waals surface area contributed by atoms with Gasteiger partial charge in [-0.2, -0.15) is 0 Å². The molecule has 0 heterocycles. The van der Waals surface area contributed by atoms with Crippen LogP contribution in [-0.4, -0.2) is 31.1 Å². The van der Waals surface area contributed by atoms with E-state index in [1.54, 1.807) is 18.2 Å². The number of hydrogen-bond acceptors (Lipinski definition) is 3. The molecular formula is C10H10BrNO4. The number of methoxy groups -OCH3 is 1. The fourth-order valence-electron chi connectivity index (χ4n) is 1.18. The molecule has 0 aliphatic heterocycles. The van der Waals surface area contributed by atoms with Crippen molar-refractivity contribution in [1.82, 2.24) is 0 Å². The van der Waals surface area contributed by atoms with Crippen molar-refractivity contribution >= 4 is 33.5 Å². The van der Waals surface area contributed by atoms with Crippen LogP contribution in [0.5, 0.6) is 5.75 Å². The molecule has 0 aliphatic carbocycles. The van der Waals surface area contributed by atoms with Crippen molar-refractivity contribution in [3.05, 3.63) is 22.7 Å².